The second-order valence-corrected chi connectivity index (χ2v) is 6.87. The van der Waals surface area contributed by atoms with Crippen molar-refractivity contribution in [1.82, 2.24) is 0 Å². The first kappa shape index (κ1) is 15.0. The number of nitrogens with one attached hydrogen (secondary N) is 1. The molecule has 1 saturated carbocycles. The molecule has 0 radical (unpaired) electrons. The molecule has 1 aliphatic rings. The van der Waals surface area contributed by atoms with Crippen LogP contribution in [0.15, 0.2) is 29.2 Å². The molecule has 1 aromatic rings. The minimum absolute atomic E-state index is 0.0275. The maximum atomic E-state index is 11.8. The van der Waals surface area contributed by atoms with Crippen LogP contribution in [-0.2, 0) is 14.8 Å². The normalized spacial score (nSPS) is 16.2. The highest BCUT2D eigenvalue weighted by atomic mass is 32.2. The molecule has 0 spiro atoms. The molecule has 5 nitrogen and oxygen atoms in total. The Balaban J connectivity index is 1.84. The SMILES string of the molecule is NS(=O)(=O)c1ccc(NC(=O)CCC2CCCC2)cc1. The molecule has 3 N–H and O–H groups in total. The summed E-state index contributed by atoms with van der Waals surface area (Å²) in [4.78, 5) is 11.8. The summed E-state index contributed by atoms with van der Waals surface area (Å²) in [6.45, 7) is 0. The minimum Gasteiger partial charge on any atom is -0.326 e. The molecular formula is C14H20N2O3S. The van der Waals surface area contributed by atoms with Gasteiger partial charge in [-0.3, -0.25) is 4.79 Å². The van der Waals surface area contributed by atoms with E-state index in [0.29, 0.717) is 18.0 Å². The van der Waals surface area contributed by atoms with Gasteiger partial charge in [-0.2, -0.15) is 0 Å². The van der Waals surface area contributed by atoms with Crippen LogP contribution >= 0.6 is 0 Å². The smallest absolute Gasteiger partial charge is 0.238 e. The second-order valence-electron chi connectivity index (χ2n) is 5.31. The van der Waals surface area contributed by atoms with Crippen LogP contribution in [0.3, 0.4) is 0 Å². The van der Waals surface area contributed by atoms with Gasteiger partial charge in [-0.25, -0.2) is 13.6 Å². The number of hydrogen-bond donors (Lipinski definition) is 2. The first-order valence-electron chi connectivity index (χ1n) is 6.88. The van der Waals surface area contributed by atoms with Crippen LogP contribution in [0.25, 0.3) is 0 Å². The van der Waals surface area contributed by atoms with E-state index >= 15 is 0 Å². The zero-order chi connectivity index (χ0) is 14.6. The van der Waals surface area contributed by atoms with Crippen molar-refractivity contribution in [1.29, 1.82) is 0 Å². The number of sulfonamides is 1. The van der Waals surface area contributed by atoms with Crippen LogP contribution in [0.4, 0.5) is 5.69 Å². The zero-order valence-corrected chi connectivity index (χ0v) is 12.2. The lowest BCUT2D eigenvalue weighted by Gasteiger charge is -2.09. The third-order valence-electron chi connectivity index (χ3n) is 3.72. The monoisotopic (exact) mass is 296 g/mol. The van der Waals surface area contributed by atoms with Gasteiger partial charge in [0, 0.05) is 12.1 Å². The Labute approximate surface area is 119 Å². The van der Waals surface area contributed by atoms with Crippen LogP contribution < -0.4 is 10.5 Å². The van der Waals surface area contributed by atoms with E-state index in [2.05, 4.69) is 5.32 Å². The van der Waals surface area contributed by atoms with Crippen LogP contribution in [0.2, 0.25) is 0 Å². The molecule has 110 valence electrons. The first-order valence-corrected chi connectivity index (χ1v) is 8.42. The summed E-state index contributed by atoms with van der Waals surface area (Å²) < 4.78 is 22.2. The summed E-state index contributed by atoms with van der Waals surface area (Å²) in [6, 6.07) is 5.88. The van der Waals surface area contributed by atoms with Gasteiger partial charge in [0.2, 0.25) is 15.9 Å². The Morgan fingerprint density at radius 2 is 1.80 bits per heavy atom. The molecule has 0 atom stereocenters. The van der Waals surface area contributed by atoms with Gasteiger partial charge in [0.1, 0.15) is 0 Å². The molecule has 2 rings (SSSR count). The highest BCUT2D eigenvalue weighted by molar-refractivity contribution is 7.89. The highest BCUT2D eigenvalue weighted by Gasteiger charge is 2.16. The third kappa shape index (κ3) is 4.31. The van der Waals surface area contributed by atoms with Crippen LogP contribution in [0.5, 0.6) is 0 Å². The van der Waals surface area contributed by atoms with E-state index in [9.17, 15) is 13.2 Å². The van der Waals surface area contributed by atoms with Crippen molar-refractivity contribution >= 4 is 21.6 Å². The van der Waals surface area contributed by atoms with Crippen molar-refractivity contribution in [3.05, 3.63) is 24.3 Å². The number of anilines is 1. The molecule has 0 aromatic heterocycles. The number of benzene rings is 1. The van der Waals surface area contributed by atoms with E-state index in [4.69, 9.17) is 5.14 Å². The number of carbonyl (C=O) groups is 1. The van der Waals surface area contributed by atoms with Gasteiger partial charge in [-0.1, -0.05) is 25.7 Å². The van der Waals surface area contributed by atoms with Crippen LogP contribution in [0, 0.1) is 5.92 Å². The Morgan fingerprint density at radius 3 is 2.35 bits per heavy atom. The van der Waals surface area contributed by atoms with Gasteiger partial charge in [0.25, 0.3) is 0 Å². The van der Waals surface area contributed by atoms with Crippen molar-refractivity contribution in [2.45, 2.75) is 43.4 Å². The van der Waals surface area contributed by atoms with Gasteiger partial charge >= 0.3 is 0 Å². The zero-order valence-electron chi connectivity index (χ0n) is 11.3. The maximum Gasteiger partial charge on any atom is 0.238 e. The van der Waals surface area contributed by atoms with Crippen molar-refractivity contribution < 1.29 is 13.2 Å². The van der Waals surface area contributed by atoms with Gasteiger partial charge in [0.15, 0.2) is 0 Å². The lowest BCUT2D eigenvalue weighted by molar-refractivity contribution is -0.116. The Bertz CT molecular complexity index is 561. The lowest BCUT2D eigenvalue weighted by atomic mass is 10.0. The number of amides is 1. The molecule has 0 bridgehead atoms. The summed E-state index contributed by atoms with van der Waals surface area (Å²) in [6.07, 6.45) is 6.47. The fourth-order valence-electron chi connectivity index (χ4n) is 2.59. The molecule has 0 saturated heterocycles. The number of primary sulfonamides is 1. The molecule has 1 aliphatic carbocycles. The number of nitrogens with two attached hydrogens (primary N) is 1. The predicted octanol–water partition coefficient (Wildman–Crippen LogP) is 2.24. The summed E-state index contributed by atoms with van der Waals surface area (Å²) in [5.74, 6) is 0.658. The van der Waals surface area contributed by atoms with Gasteiger partial charge in [0.05, 0.1) is 4.90 Å². The molecule has 0 aliphatic heterocycles. The van der Waals surface area contributed by atoms with Crippen molar-refractivity contribution in [3.8, 4) is 0 Å². The fraction of sp³-hybridized carbons (Fsp3) is 0.500. The largest absolute Gasteiger partial charge is 0.326 e. The highest BCUT2D eigenvalue weighted by Crippen LogP contribution is 2.28. The van der Waals surface area contributed by atoms with Crippen molar-refractivity contribution in [2.24, 2.45) is 11.1 Å². The Morgan fingerprint density at radius 1 is 1.20 bits per heavy atom. The lowest BCUT2D eigenvalue weighted by Crippen LogP contribution is -2.14. The molecule has 6 heteroatoms. The van der Waals surface area contributed by atoms with Crippen LogP contribution in [0.1, 0.15) is 38.5 Å². The molecule has 1 aromatic carbocycles. The molecular weight excluding hydrogens is 276 g/mol. The van der Waals surface area contributed by atoms with E-state index in [-0.39, 0.29) is 10.8 Å². The molecule has 1 fully saturated rings. The quantitative estimate of drug-likeness (QED) is 0.873. The van der Waals surface area contributed by atoms with Gasteiger partial charge < -0.3 is 5.32 Å². The topological polar surface area (TPSA) is 89.3 Å². The van der Waals surface area contributed by atoms with E-state index in [1.165, 1.54) is 37.8 Å². The number of rotatable bonds is 5. The van der Waals surface area contributed by atoms with E-state index in [1.54, 1.807) is 12.1 Å². The van der Waals surface area contributed by atoms with E-state index < -0.39 is 10.0 Å². The van der Waals surface area contributed by atoms with E-state index in [1.807, 2.05) is 0 Å². The average Bonchev–Trinajstić information content (AvgIpc) is 2.89. The molecule has 20 heavy (non-hydrogen) atoms. The minimum atomic E-state index is -3.68. The van der Waals surface area contributed by atoms with Gasteiger partial charge in [-0.15, -0.1) is 0 Å². The van der Waals surface area contributed by atoms with Crippen molar-refractivity contribution in [2.75, 3.05) is 5.32 Å². The average molecular weight is 296 g/mol. The predicted molar refractivity (Wildman–Crippen MR) is 77.6 cm³/mol. The standard InChI is InChI=1S/C14H20N2O3S/c15-20(18,19)13-8-6-12(7-9-13)16-14(17)10-5-11-3-1-2-4-11/h6-9,11H,1-5,10H2,(H,16,17)(H2,15,18,19). The summed E-state index contributed by atoms with van der Waals surface area (Å²) in [7, 11) is -3.68. The second kappa shape index (κ2) is 6.37. The summed E-state index contributed by atoms with van der Waals surface area (Å²) >= 11 is 0. The maximum absolute atomic E-state index is 11.8. The molecule has 0 heterocycles. The Hall–Kier alpha value is -1.40. The fourth-order valence-corrected chi connectivity index (χ4v) is 3.10. The number of carbonyl (C=O) groups excluding carboxylic acids is 1. The third-order valence-corrected chi connectivity index (χ3v) is 4.65. The molecule has 0 unspecified atom stereocenters. The summed E-state index contributed by atoms with van der Waals surface area (Å²) in [5, 5.41) is 7.78. The van der Waals surface area contributed by atoms with E-state index in [0.717, 1.165) is 6.42 Å². The van der Waals surface area contributed by atoms with Crippen molar-refractivity contribution in [3.63, 3.8) is 0 Å². The van der Waals surface area contributed by atoms with Gasteiger partial charge in [-0.05, 0) is 36.6 Å². The Kier molecular flexibility index (Phi) is 4.77. The first-order chi connectivity index (χ1) is 9.45. The van der Waals surface area contributed by atoms with Crippen LogP contribution in [-0.4, -0.2) is 14.3 Å². The summed E-state index contributed by atoms with van der Waals surface area (Å²) in [5.41, 5.74) is 0.592. The number of hydrogen-bond acceptors (Lipinski definition) is 3. The molecule has 1 amide bonds.